The summed E-state index contributed by atoms with van der Waals surface area (Å²) in [4.78, 5) is 20.1. The highest BCUT2D eigenvalue weighted by molar-refractivity contribution is 7.12. The molecule has 0 bridgehead atoms. The topological polar surface area (TPSA) is 38.1 Å². The van der Waals surface area contributed by atoms with Gasteiger partial charge in [0.05, 0.1) is 22.6 Å². The molecule has 150 valence electrons. The maximum Gasteiger partial charge on any atom is 0.265 e. The number of halogens is 2. The Bertz CT molecular complexity index is 966. The lowest BCUT2D eigenvalue weighted by Crippen LogP contribution is -2.33. The second-order valence-corrected chi connectivity index (χ2v) is 8.64. The maximum absolute atomic E-state index is 13.7. The first-order chi connectivity index (χ1) is 13.4. The molecule has 0 saturated carbocycles. The van der Waals surface area contributed by atoms with Crippen LogP contribution in [-0.2, 0) is 13.1 Å². The molecule has 0 atom stereocenters. The van der Waals surface area contributed by atoms with Crippen molar-refractivity contribution in [1.29, 1.82) is 0 Å². The molecule has 28 heavy (non-hydrogen) atoms. The zero-order chi connectivity index (χ0) is 20.3. The summed E-state index contributed by atoms with van der Waals surface area (Å²) in [6.45, 7) is 8.12. The molecule has 0 saturated heterocycles. The Kier molecular flexibility index (Phi) is 6.73. The molecule has 2 heterocycles. The van der Waals surface area contributed by atoms with Crippen molar-refractivity contribution in [3.8, 4) is 0 Å². The van der Waals surface area contributed by atoms with Gasteiger partial charge in [-0.1, -0.05) is 32.4 Å². The van der Waals surface area contributed by atoms with Crippen LogP contribution in [0.2, 0.25) is 5.02 Å². The fraction of sp³-hybridized carbons (Fsp3) is 0.429. The zero-order valence-electron chi connectivity index (χ0n) is 16.4. The lowest BCUT2D eigenvalue weighted by Gasteiger charge is -2.23. The maximum atomic E-state index is 13.7. The molecule has 2 aromatic heterocycles. The lowest BCUT2D eigenvalue weighted by atomic mass is 10.1. The van der Waals surface area contributed by atoms with Crippen LogP contribution in [0, 0.1) is 11.7 Å². The van der Waals surface area contributed by atoms with Gasteiger partial charge >= 0.3 is 0 Å². The molecule has 7 heteroatoms. The van der Waals surface area contributed by atoms with E-state index in [1.807, 2.05) is 5.38 Å². The smallest absolute Gasteiger partial charge is 0.265 e. The third-order valence-corrected chi connectivity index (χ3v) is 5.97. The number of amides is 1. The molecule has 0 fully saturated rings. The lowest BCUT2D eigenvalue weighted by molar-refractivity contribution is 0.0734. The molecule has 0 N–H and O–H groups in total. The highest BCUT2D eigenvalue weighted by Crippen LogP contribution is 2.26. The van der Waals surface area contributed by atoms with Crippen molar-refractivity contribution in [2.75, 3.05) is 6.54 Å². The molecule has 0 aliphatic heterocycles. The van der Waals surface area contributed by atoms with Crippen molar-refractivity contribution in [3.05, 3.63) is 51.2 Å². The van der Waals surface area contributed by atoms with Gasteiger partial charge in [0, 0.05) is 19.2 Å². The fourth-order valence-electron chi connectivity index (χ4n) is 3.17. The Hall–Kier alpha value is -1.92. The number of carbonyl (C=O) groups excluding carboxylic acids is 1. The highest BCUT2D eigenvalue weighted by Gasteiger charge is 2.23. The summed E-state index contributed by atoms with van der Waals surface area (Å²) >= 11 is 7.56. The highest BCUT2D eigenvalue weighted by atomic mass is 35.5. The number of aryl methyl sites for hydroxylation is 1. The summed E-state index contributed by atoms with van der Waals surface area (Å²) in [5.74, 6) is 0.852. The molecule has 0 radical (unpaired) electrons. The van der Waals surface area contributed by atoms with E-state index in [1.54, 1.807) is 17.0 Å². The summed E-state index contributed by atoms with van der Waals surface area (Å²) in [7, 11) is 0. The Labute approximate surface area is 173 Å². The predicted molar refractivity (Wildman–Crippen MR) is 114 cm³/mol. The molecule has 0 aliphatic rings. The molecule has 0 aliphatic carbocycles. The van der Waals surface area contributed by atoms with Crippen LogP contribution in [0.5, 0.6) is 0 Å². The van der Waals surface area contributed by atoms with E-state index in [0.29, 0.717) is 34.4 Å². The Balaban J connectivity index is 1.96. The predicted octanol–water partition coefficient (Wildman–Crippen LogP) is 5.99. The number of imidazole rings is 1. The monoisotopic (exact) mass is 421 g/mol. The van der Waals surface area contributed by atoms with E-state index in [2.05, 4.69) is 30.3 Å². The van der Waals surface area contributed by atoms with Crippen molar-refractivity contribution >= 4 is 39.9 Å². The van der Waals surface area contributed by atoms with Gasteiger partial charge in [0.1, 0.15) is 16.5 Å². The molecule has 3 aromatic rings. The van der Waals surface area contributed by atoms with Crippen LogP contribution in [0.1, 0.15) is 49.1 Å². The van der Waals surface area contributed by atoms with Crippen molar-refractivity contribution in [3.63, 3.8) is 0 Å². The van der Waals surface area contributed by atoms with Crippen LogP contribution in [0.15, 0.2) is 29.6 Å². The molecule has 4 nitrogen and oxygen atoms in total. The van der Waals surface area contributed by atoms with Crippen LogP contribution in [-0.4, -0.2) is 26.9 Å². The number of carbonyl (C=O) groups is 1. The normalized spacial score (nSPS) is 11.5. The van der Waals surface area contributed by atoms with Gasteiger partial charge < -0.3 is 9.47 Å². The van der Waals surface area contributed by atoms with Crippen molar-refractivity contribution in [2.24, 2.45) is 5.92 Å². The Morgan fingerprint density at radius 2 is 2.14 bits per heavy atom. The Morgan fingerprint density at radius 3 is 2.79 bits per heavy atom. The van der Waals surface area contributed by atoms with Crippen LogP contribution in [0.3, 0.4) is 0 Å². The van der Waals surface area contributed by atoms with Crippen LogP contribution >= 0.6 is 22.9 Å². The zero-order valence-corrected chi connectivity index (χ0v) is 18.0. The molecule has 3 rings (SSSR count). The number of rotatable bonds is 8. The standard InChI is InChI=1S/C21H25ClFN3OS/c1-4-9-26-18-6-5-15(23)12-17(18)24-19(26)13-25(10-7-14(2)3)21(27)20-16(22)8-11-28-20/h5-6,8,11-12,14H,4,7,9-10,13H2,1-3H3. The quantitative estimate of drug-likeness (QED) is 0.448. The van der Waals surface area contributed by atoms with Crippen LogP contribution in [0.4, 0.5) is 4.39 Å². The number of fused-ring (bicyclic) bond motifs is 1. The minimum absolute atomic E-state index is 0.0815. The molecule has 1 amide bonds. The van der Waals surface area contributed by atoms with Crippen molar-refractivity contribution in [2.45, 2.75) is 46.7 Å². The van der Waals surface area contributed by atoms with E-state index < -0.39 is 0 Å². The van der Waals surface area contributed by atoms with E-state index >= 15 is 0 Å². The average molecular weight is 422 g/mol. The van der Waals surface area contributed by atoms with E-state index in [9.17, 15) is 9.18 Å². The molecule has 0 unspecified atom stereocenters. The van der Waals surface area contributed by atoms with Gasteiger partial charge in [-0.2, -0.15) is 0 Å². The molecular weight excluding hydrogens is 397 g/mol. The van der Waals surface area contributed by atoms with Gasteiger partial charge in [-0.25, -0.2) is 9.37 Å². The second-order valence-electron chi connectivity index (χ2n) is 7.32. The van der Waals surface area contributed by atoms with Gasteiger partial charge in [-0.15, -0.1) is 11.3 Å². The van der Waals surface area contributed by atoms with E-state index in [1.165, 1.54) is 23.5 Å². The van der Waals surface area contributed by atoms with Gasteiger partial charge in [0.25, 0.3) is 5.91 Å². The Morgan fingerprint density at radius 1 is 1.36 bits per heavy atom. The first-order valence-electron chi connectivity index (χ1n) is 9.57. The number of hydrogen-bond donors (Lipinski definition) is 0. The van der Waals surface area contributed by atoms with Crippen molar-refractivity contribution in [1.82, 2.24) is 14.5 Å². The molecular formula is C21H25ClFN3OS. The first kappa shape index (κ1) is 20.8. The van der Waals surface area contributed by atoms with E-state index in [-0.39, 0.29) is 11.7 Å². The van der Waals surface area contributed by atoms with Gasteiger partial charge in [0.15, 0.2) is 0 Å². The minimum Gasteiger partial charge on any atom is -0.330 e. The van der Waals surface area contributed by atoms with Gasteiger partial charge in [0.2, 0.25) is 0 Å². The van der Waals surface area contributed by atoms with Gasteiger partial charge in [-0.3, -0.25) is 4.79 Å². The minimum atomic E-state index is -0.307. The van der Waals surface area contributed by atoms with Crippen LogP contribution < -0.4 is 0 Å². The summed E-state index contributed by atoms with van der Waals surface area (Å²) in [6, 6.07) is 6.40. The van der Waals surface area contributed by atoms with Crippen LogP contribution in [0.25, 0.3) is 11.0 Å². The number of aromatic nitrogens is 2. The van der Waals surface area contributed by atoms with Crippen molar-refractivity contribution < 1.29 is 9.18 Å². The average Bonchev–Trinajstić information content (AvgIpc) is 3.21. The molecule has 1 aromatic carbocycles. The summed E-state index contributed by atoms with van der Waals surface area (Å²) in [5.41, 5.74) is 1.51. The summed E-state index contributed by atoms with van der Waals surface area (Å²) in [6.07, 6.45) is 1.81. The summed E-state index contributed by atoms with van der Waals surface area (Å²) in [5, 5.41) is 2.30. The number of nitrogens with zero attached hydrogens (tertiary/aromatic N) is 3. The largest absolute Gasteiger partial charge is 0.330 e. The third-order valence-electron chi connectivity index (χ3n) is 4.64. The van der Waals surface area contributed by atoms with E-state index in [0.717, 1.165) is 30.7 Å². The summed E-state index contributed by atoms with van der Waals surface area (Å²) < 4.78 is 15.8. The van der Waals surface area contributed by atoms with Gasteiger partial charge in [-0.05, 0) is 42.3 Å². The third kappa shape index (κ3) is 4.55. The number of hydrogen-bond acceptors (Lipinski definition) is 3. The second kappa shape index (κ2) is 9.05. The number of benzene rings is 1. The number of thiophene rings is 1. The SMILES string of the molecule is CCCn1c(CN(CCC(C)C)C(=O)c2sccc2Cl)nc2cc(F)ccc21. The first-order valence-corrected chi connectivity index (χ1v) is 10.8. The fourth-order valence-corrected chi connectivity index (χ4v) is 4.28. The van der Waals surface area contributed by atoms with E-state index in [4.69, 9.17) is 11.6 Å². The molecule has 0 spiro atoms.